The van der Waals surface area contributed by atoms with Gasteiger partial charge in [-0.05, 0) is 40.5 Å². The van der Waals surface area contributed by atoms with Crippen LogP contribution in [0.25, 0.3) is 22.6 Å². The quantitative estimate of drug-likeness (QED) is 0.531. The molecule has 0 saturated carbocycles. The van der Waals surface area contributed by atoms with Crippen LogP contribution in [-0.4, -0.2) is 45.1 Å². The van der Waals surface area contributed by atoms with E-state index in [9.17, 15) is 0 Å². The van der Waals surface area contributed by atoms with Gasteiger partial charge in [-0.2, -0.15) is 0 Å². The van der Waals surface area contributed by atoms with Crippen LogP contribution < -0.4 is 5.32 Å². The summed E-state index contributed by atoms with van der Waals surface area (Å²) in [5.41, 5.74) is 5.01. The third-order valence-corrected chi connectivity index (χ3v) is 5.94. The SMILES string of the molecule is CCn1c(-c2cnc(C)nc2)nc2c(NC3CCc4ncn(C(C)C)c4C3)ncnc21. The minimum absolute atomic E-state index is 0.276. The standard InChI is InChI=1S/C22H27N9/c1-5-30-21(15-9-23-14(4)24-10-15)29-19-20(25-11-26-22(19)30)28-16-6-7-17-18(8-16)31(12-27-17)13(2)3/h9-13,16H,5-8H2,1-4H3,(H,25,26,28). The van der Waals surface area contributed by atoms with Crippen molar-refractivity contribution in [2.45, 2.75) is 65.6 Å². The fraction of sp³-hybridized carbons (Fsp3) is 0.455. The first-order valence-electron chi connectivity index (χ1n) is 10.9. The summed E-state index contributed by atoms with van der Waals surface area (Å²) in [6.45, 7) is 9.10. The number of nitrogens with one attached hydrogen (secondary N) is 1. The van der Waals surface area contributed by atoms with Crippen molar-refractivity contribution in [3.63, 3.8) is 0 Å². The van der Waals surface area contributed by atoms with E-state index in [1.165, 1.54) is 11.4 Å². The number of anilines is 1. The van der Waals surface area contributed by atoms with E-state index >= 15 is 0 Å². The highest BCUT2D eigenvalue weighted by molar-refractivity contribution is 5.86. The van der Waals surface area contributed by atoms with Crippen LogP contribution in [0.4, 0.5) is 5.82 Å². The van der Waals surface area contributed by atoms with Crippen LogP contribution in [0.15, 0.2) is 25.0 Å². The van der Waals surface area contributed by atoms with E-state index in [2.05, 4.69) is 60.1 Å². The number of hydrogen-bond donors (Lipinski definition) is 1. The molecule has 1 unspecified atom stereocenters. The lowest BCUT2D eigenvalue weighted by atomic mass is 9.95. The van der Waals surface area contributed by atoms with Crippen molar-refractivity contribution in [1.29, 1.82) is 0 Å². The van der Waals surface area contributed by atoms with Gasteiger partial charge in [0.2, 0.25) is 0 Å². The zero-order chi connectivity index (χ0) is 21.5. The van der Waals surface area contributed by atoms with Gasteiger partial charge < -0.3 is 14.5 Å². The molecule has 1 aliphatic carbocycles. The van der Waals surface area contributed by atoms with Gasteiger partial charge in [0, 0.05) is 43.1 Å². The Balaban J connectivity index is 1.49. The summed E-state index contributed by atoms with van der Waals surface area (Å²) >= 11 is 0. The van der Waals surface area contributed by atoms with Crippen LogP contribution in [0.1, 0.15) is 50.4 Å². The Morgan fingerprint density at radius 3 is 2.68 bits per heavy atom. The van der Waals surface area contributed by atoms with E-state index in [-0.39, 0.29) is 6.04 Å². The minimum atomic E-state index is 0.276. The predicted octanol–water partition coefficient (Wildman–Crippen LogP) is 3.36. The maximum Gasteiger partial charge on any atom is 0.165 e. The molecule has 160 valence electrons. The highest BCUT2D eigenvalue weighted by atomic mass is 15.2. The lowest BCUT2D eigenvalue weighted by Gasteiger charge is -2.25. The highest BCUT2D eigenvalue weighted by Gasteiger charge is 2.25. The van der Waals surface area contributed by atoms with Crippen LogP contribution in [0.5, 0.6) is 0 Å². The molecule has 0 aliphatic heterocycles. The molecule has 5 rings (SSSR count). The number of hydrogen-bond acceptors (Lipinski definition) is 7. The van der Waals surface area contributed by atoms with E-state index in [0.717, 1.165) is 60.0 Å². The molecule has 1 N–H and O–H groups in total. The van der Waals surface area contributed by atoms with Crippen LogP contribution in [0.3, 0.4) is 0 Å². The zero-order valence-corrected chi connectivity index (χ0v) is 18.4. The summed E-state index contributed by atoms with van der Waals surface area (Å²) < 4.78 is 4.36. The molecule has 4 heterocycles. The zero-order valence-electron chi connectivity index (χ0n) is 18.4. The lowest BCUT2D eigenvalue weighted by molar-refractivity contribution is 0.526. The van der Waals surface area contributed by atoms with Gasteiger partial charge in [0.1, 0.15) is 18.0 Å². The average molecular weight is 418 g/mol. The van der Waals surface area contributed by atoms with Crippen molar-refractivity contribution in [2.24, 2.45) is 0 Å². The van der Waals surface area contributed by atoms with Gasteiger partial charge in [-0.3, -0.25) is 0 Å². The van der Waals surface area contributed by atoms with E-state index < -0.39 is 0 Å². The van der Waals surface area contributed by atoms with Gasteiger partial charge in [-0.25, -0.2) is 29.9 Å². The molecule has 0 fully saturated rings. The van der Waals surface area contributed by atoms with Crippen molar-refractivity contribution in [3.8, 4) is 11.4 Å². The maximum absolute atomic E-state index is 4.91. The monoisotopic (exact) mass is 417 g/mol. The summed E-state index contributed by atoms with van der Waals surface area (Å²) in [4.78, 5) is 27.3. The molecule has 1 atom stereocenters. The van der Waals surface area contributed by atoms with Crippen molar-refractivity contribution >= 4 is 17.0 Å². The Bertz CT molecular complexity index is 1220. The van der Waals surface area contributed by atoms with E-state index in [0.29, 0.717) is 6.04 Å². The summed E-state index contributed by atoms with van der Waals surface area (Å²) in [5.74, 6) is 2.32. The predicted molar refractivity (Wildman–Crippen MR) is 119 cm³/mol. The number of imidazole rings is 2. The van der Waals surface area contributed by atoms with Gasteiger partial charge in [-0.15, -0.1) is 0 Å². The highest BCUT2D eigenvalue weighted by Crippen LogP contribution is 2.29. The van der Waals surface area contributed by atoms with Crippen molar-refractivity contribution < 1.29 is 0 Å². The van der Waals surface area contributed by atoms with E-state index in [1.54, 1.807) is 6.33 Å². The van der Waals surface area contributed by atoms with Gasteiger partial charge in [0.25, 0.3) is 0 Å². The first-order valence-corrected chi connectivity index (χ1v) is 10.9. The normalized spacial score (nSPS) is 16.1. The second-order valence-corrected chi connectivity index (χ2v) is 8.32. The summed E-state index contributed by atoms with van der Waals surface area (Å²) in [6.07, 6.45) is 10.1. The Morgan fingerprint density at radius 1 is 1.13 bits per heavy atom. The molecule has 4 aromatic heterocycles. The van der Waals surface area contributed by atoms with Crippen LogP contribution >= 0.6 is 0 Å². The first-order chi connectivity index (χ1) is 15.0. The van der Waals surface area contributed by atoms with E-state index in [1.807, 2.05) is 25.6 Å². The van der Waals surface area contributed by atoms with Gasteiger partial charge >= 0.3 is 0 Å². The van der Waals surface area contributed by atoms with Crippen molar-refractivity contribution in [3.05, 3.63) is 42.3 Å². The van der Waals surface area contributed by atoms with Crippen LogP contribution in [0, 0.1) is 6.92 Å². The van der Waals surface area contributed by atoms with Crippen LogP contribution in [-0.2, 0) is 19.4 Å². The summed E-state index contributed by atoms with van der Waals surface area (Å²) in [7, 11) is 0. The molecule has 0 radical (unpaired) electrons. The summed E-state index contributed by atoms with van der Waals surface area (Å²) in [5, 5.41) is 3.65. The number of aromatic nitrogens is 8. The largest absolute Gasteiger partial charge is 0.365 e. The molecule has 1 aliphatic rings. The topological polar surface area (TPSA) is 99.2 Å². The number of nitrogens with zero attached hydrogens (tertiary/aromatic N) is 8. The third-order valence-electron chi connectivity index (χ3n) is 5.94. The summed E-state index contributed by atoms with van der Waals surface area (Å²) in [6, 6.07) is 0.679. The molecular weight excluding hydrogens is 390 g/mol. The van der Waals surface area contributed by atoms with Gasteiger partial charge in [0.05, 0.1) is 17.6 Å². The van der Waals surface area contributed by atoms with Crippen molar-refractivity contribution in [2.75, 3.05) is 5.32 Å². The molecule has 0 saturated heterocycles. The smallest absolute Gasteiger partial charge is 0.165 e. The molecule has 4 aromatic rings. The molecule has 31 heavy (non-hydrogen) atoms. The fourth-order valence-corrected chi connectivity index (χ4v) is 4.34. The van der Waals surface area contributed by atoms with Crippen molar-refractivity contribution in [1.82, 2.24) is 39.0 Å². The Morgan fingerprint density at radius 2 is 1.94 bits per heavy atom. The maximum atomic E-state index is 4.91. The molecule has 9 heteroatoms. The molecule has 0 spiro atoms. The molecule has 0 amide bonds. The minimum Gasteiger partial charge on any atom is -0.365 e. The molecule has 0 aromatic carbocycles. The Hall–Kier alpha value is -3.36. The average Bonchev–Trinajstić information content (AvgIpc) is 3.36. The van der Waals surface area contributed by atoms with E-state index in [4.69, 9.17) is 4.98 Å². The third kappa shape index (κ3) is 3.43. The number of rotatable bonds is 5. The fourth-order valence-electron chi connectivity index (χ4n) is 4.34. The molecule has 9 nitrogen and oxygen atoms in total. The lowest BCUT2D eigenvalue weighted by Crippen LogP contribution is -2.29. The number of aryl methyl sites for hydroxylation is 3. The van der Waals surface area contributed by atoms with Crippen LogP contribution in [0.2, 0.25) is 0 Å². The second-order valence-electron chi connectivity index (χ2n) is 8.32. The first kappa shape index (κ1) is 19.6. The Kier molecular flexibility index (Phi) is 4.88. The molecular formula is C22H27N9. The second kappa shape index (κ2) is 7.72. The van der Waals surface area contributed by atoms with Gasteiger partial charge in [-0.1, -0.05) is 0 Å². The Labute approximate surface area is 181 Å². The number of fused-ring (bicyclic) bond motifs is 2. The molecule has 0 bridgehead atoms. The van der Waals surface area contributed by atoms with Gasteiger partial charge in [0.15, 0.2) is 17.0 Å².